The molecule has 0 aliphatic rings. The van der Waals surface area contributed by atoms with Crippen molar-refractivity contribution in [1.29, 1.82) is 0 Å². The molecule has 0 bridgehead atoms. The number of carboxylic acid groups (broad SMARTS) is 1. The fourth-order valence-electron chi connectivity index (χ4n) is 1.71. The molecule has 82 valence electrons. The predicted octanol–water partition coefficient (Wildman–Crippen LogP) is 2.83. The third-order valence-electron chi connectivity index (χ3n) is 2.59. The Bertz CT molecular complexity index is 374. The van der Waals surface area contributed by atoms with Crippen LogP contribution in [0.1, 0.15) is 29.5 Å². The molecule has 2 nitrogen and oxygen atoms in total. The van der Waals surface area contributed by atoms with Gasteiger partial charge in [-0.2, -0.15) is 0 Å². The van der Waals surface area contributed by atoms with Crippen LogP contribution in [0.25, 0.3) is 0 Å². The maximum absolute atomic E-state index is 13.3. The molecule has 0 aliphatic carbocycles. The maximum atomic E-state index is 13.3. The molecule has 0 radical (unpaired) electrons. The summed E-state index contributed by atoms with van der Waals surface area (Å²) in [6.45, 7) is 5.41. The summed E-state index contributed by atoms with van der Waals surface area (Å²) >= 11 is 0. The molecule has 0 spiro atoms. The van der Waals surface area contributed by atoms with Crippen molar-refractivity contribution in [2.24, 2.45) is 0 Å². The van der Waals surface area contributed by atoms with Gasteiger partial charge in [0.25, 0.3) is 0 Å². The lowest BCUT2D eigenvalue weighted by Gasteiger charge is -2.16. The molecule has 1 aromatic rings. The number of hydrogen-bond donors (Lipinski definition) is 1. The molecular weight excluding hydrogens is 195 g/mol. The Morgan fingerprint density at radius 1 is 1.40 bits per heavy atom. The van der Waals surface area contributed by atoms with Gasteiger partial charge in [-0.1, -0.05) is 30.7 Å². The average molecular weight is 210 g/mol. The summed E-state index contributed by atoms with van der Waals surface area (Å²) in [5.41, 5.74) is 2.79. The zero-order valence-electron chi connectivity index (χ0n) is 9.12. The first-order chi connectivity index (χ1) is 6.93. The van der Waals surface area contributed by atoms with Crippen molar-refractivity contribution in [3.63, 3.8) is 0 Å². The van der Waals surface area contributed by atoms with Gasteiger partial charge in [0, 0.05) is 5.92 Å². The molecule has 0 aromatic heterocycles. The zero-order valence-corrected chi connectivity index (χ0v) is 9.12. The minimum atomic E-state index is -1.84. The van der Waals surface area contributed by atoms with E-state index in [0.717, 1.165) is 16.7 Å². The fourth-order valence-corrected chi connectivity index (χ4v) is 1.71. The van der Waals surface area contributed by atoms with Crippen molar-refractivity contribution in [2.45, 2.75) is 32.9 Å². The lowest BCUT2D eigenvalue weighted by atomic mass is 9.91. The zero-order chi connectivity index (χ0) is 11.6. The average Bonchev–Trinajstić information content (AvgIpc) is 2.15. The highest BCUT2D eigenvalue weighted by molar-refractivity contribution is 5.73. The van der Waals surface area contributed by atoms with Crippen LogP contribution in [0.2, 0.25) is 0 Å². The largest absolute Gasteiger partial charge is 0.479 e. The van der Waals surface area contributed by atoms with Gasteiger partial charge in [0.2, 0.25) is 6.17 Å². The van der Waals surface area contributed by atoms with E-state index in [1.807, 2.05) is 26.0 Å². The molecular formula is C12H15FO2. The number of halogens is 1. The normalized spacial score (nSPS) is 14.7. The third-order valence-corrected chi connectivity index (χ3v) is 2.59. The highest BCUT2D eigenvalue weighted by Crippen LogP contribution is 2.25. The molecule has 2 unspecified atom stereocenters. The summed E-state index contributed by atoms with van der Waals surface area (Å²) in [6.07, 6.45) is -1.84. The van der Waals surface area contributed by atoms with Crippen LogP contribution in [0.15, 0.2) is 18.2 Å². The second-order valence-corrected chi connectivity index (χ2v) is 3.89. The Hall–Kier alpha value is -1.38. The van der Waals surface area contributed by atoms with Crippen LogP contribution in [-0.4, -0.2) is 17.2 Å². The van der Waals surface area contributed by atoms with Crippen molar-refractivity contribution < 1.29 is 14.3 Å². The monoisotopic (exact) mass is 210 g/mol. The summed E-state index contributed by atoms with van der Waals surface area (Å²) < 4.78 is 13.3. The van der Waals surface area contributed by atoms with Gasteiger partial charge < -0.3 is 5.11 Å². The SMILES string of the molecule is Cc1ccc(C(C)C(F)C(=O)O)c(C)c1. The van der Waals surface area contributed by atoms with Gasteiger partial charge in [-0.25, -0.2) is 9.18 Å². The lowest BCUT2D eigenvalue weighted by Crippen LogP contribution is -2.22. The van der Waals surface area contributed by atoms with E-state index < -0.39 is 18.1 Å². The maximum Gasteiger partial charge on any atom is 0.338 e. The second kappa shape index (κ2) is 4.43. The minimum absolute atomic E-state index is 0.608. The number of aliphatic carboxylic acids is 1. The Labute approximate surface area is 88.7 Å². The Morgan fingerprint density at radius 3 is 2.47 bits per heavy atom. The van der Waals surface area contributed by atoms with Crippen LogP contribution in [0, 0.1) is 13.8 Å². The number of rotatable bonds is 3. The molecule has 15 heavy (non-hydrogen) atoms. The fraction of sp³-hybridized carbons (Fsp3) is 0.417. The molecule has 0 amide bonds. The molecule has 0 fully saturated rings. The van der Waals surface area contributed by atoms with Crippen LogP contribution >= 0.6 is 0 Å². The molecule has 0 aliphatic heterocycles. The van der Waals surface area contributed by atoms with E-state index in [2.05, 4.69) is 0 Å². The van der Waals surface area contributed by atoms with Crippen molar-refractivity contribution in [1.82, 2.24) is 0 Å². The van der Waals surface area contributed by atoms with Crippen LogP contribution in [0.4, 0.5) is 4.39 Å². The lowest BCUT2D eigenvalue weighted by molar-refractivity contribution is -0.143. The number of carboxylic acids is 1. The first-order valence-electron chi connectivity index (χ1n) is 4.87. The number of alkyl halides is 1. The minimum Gasteiger partial charge on any atom is -0.479 e. The van der Waals surface area contributed by atoms with Crippen molar-refractivity contribution in [2.75, 3.05) is 0 Å². The molecule has 1 aromatic carbocycles. The molecule has 1 rings (SSSR count). The molecule has 2 atom stereocenters. The highest BCUT2D eigenvalue weighted by Gasteiger charge is 2.26. The van der Waals surface area contributed by atoms with E-state index in [1.54, 1.807) is 13.0 Å². The van der Waals surface area contributed by atoms with Crippen LogP contribution in [-0.2, 0) is 4.79 Å². The van der Waals surface area contributed by atoms with E-state index in [1.165, 1.54) is 0 Å². The Balaban J connectivity index is 3.01. The van der Waals surface area contributed by atoms with Crippen LogP contribution in [0.3, 0.4) is 0 Å². The first-order valence-corrected chi connectivity index (χ1v) is 4.87. The van der Waals surface area contributed by atoms with Crippen LogP contribution < -0.4 is 0 Å². The Morgan fingerprint density at radius 2 is 2.00 bits per heavy atom. The van der Waals surface area contributed by atoms with Gasteiger partial charge in [-0.3, -0.25) is 0 Å². The summed E-state index contributed by atoms with van der Waals surface area (Å²) in [6, 6.07) is 5.60. The van der Waals surface area contributed by atoms with E-state index >= 15 is 0 Å². The van der Waals surface area contributed by atoms with E-state index in [0.29, 0.717) is 0 Å². The standard InChI is InChI=1S/C12H15FO2/c1-7-4-5-10(8(2)6-7)9(3)11(13)12(14)15/h4-6,9,11H,1-3H3,(H,14,15). The number of carbonyl (C=O) groups is 1. The van der Waals surface area contributed by atoms with Gasteiger partial charge in [0.1, 0.15) is 0 Å². The molecule has 0 saturated heterocycles. The summed E-state index contributed by atoms with van der Waals surface area (Å²) in [4.78, 5) is 10.5. The number of aryl methyl sites for hydroxylation is 2. The van der Waals surface area contributed by atoms with E-state index in [-0.39, 0.29) is 0 Å². The van der Waals surface area contributed by atoms with E-state index in [9.17, 15) is 9.18 Å². The smallest absolute Gasteiger partial charge is 0.338 e. The van der Waals surface area contributed by atoms with Crippen molar-refractivity contribution in [3.8, 4) is 0 Å². The molecule has 0 saturated carbocycles. The molecule has 3 heteroatoms. The topological polar surface area (TPSA) is 37.3 Å². The summed E-state index contributed by atoms with van der Waals surface area (Å²) in [5, 5.41) is 8.58. The second-order valence-electron chi connectivity index (χ2n) is 3.89. The van der Waals surface area contributed by atoms with Gasteiger partial charge in [0.15, 0.2) is 0 Å². The predicted molar refractivity (Wildman–Crippen MR) is 56.9 cm³/mol. The van der Waals surface area contributed by atoms with Crippen molar-refractivity contribution in [3.05, 3.63) is 34.9 Å². The van der Waals surface area contributed by atoms with E-state index in [4.69, 9.17) is 5.11 Å². The first kappa shape index (κ1) is 11.7. The molecule has 0 heterocycles. The highest BCUT2D eigenvalue weighted by atomic mass is 19.1. The quantitative estimate of drug-likeness (QED) is 0.832. The summed E-state index contributed by atoms with van der Waals surface area (Å²) in [5.74, 6) is -2.01. The summed E-state index contributed by atoms with van der Waals surface area (Å²) in [7, 11) is 0. The van der Waals surface area contributed by atoms with Gasteiger partial charge in [0.05, 0.1) is 0 Å². The van der Waals surface area contributed by atoms with Crippen LogP contribution in [0.5, 0.6) is 0 Å². The van der Waals surface area contributed by atoms with Gasteiger partial charge in [-0.05, 0) is 25.0 Å². The molecule has 1 N–H and O–H groups in total. The van der Waals surface area contributed by atoms with Crippen molar-refractivity contribution >= 4 is 5.97 Å². The number of hydrogen-bond acceptors (Lipinski definition) is 1. The Kier molecular flexibility index (Phi) is 3.45. The van der Waals surface area contributed by atoms with Gasteiger partial charge >= 0.3 is 5.97 Å². The number of benzene rings is 1. The van der Waals surface area contributed by atoms with Gasteiger partial charge in [-0.15, -0.1) is 0 Å². The third kappa shape index (κ3) is 2.55.